The first-order valence-corrected chi connectivity index (χ1v) is 6.47. The largest absolute Gasteiger partial charge is 0.451 e. The van der Waals surface area contributed by atoms with Gasteiger partial charge in [0, 0.05) is 11.1 Å². The van der Waals surface area contributed by atoms with E-state index in [2.05, 4.69) is 16.5 Å². The van der Waals surface area contributed by atoms with Crippen molar-refractivity contribution in [2.75, 3.05) is 5.75 Å². The maximum atomic E-state index is 12.7. The summed E-state index contributed by atoms with van der Waals surface area (Å²) in [7, 11) is 0. The van der Waals surface area contributed by atoms with Gasteiger partial charge in [-0.15, -0.1) is 11.8 Å². The molecule has 0 radical (unpaired) electrons. The molecule has 0 aliphatic rings. The van der Waals surface area contributed by atoms with Crippen LogP contribution >= 0.6 is 11.8 Å². The molecular formula is C13H11F3N2S. The third-order valence-corrected chi connectivity index (χ3v) is 3.50. The van der Waals surface area contributed by atoms with E-state index in [1.807, 2.05) is 6.92 Å². The summed E-state index contributed by atoms with van der Waals surface area (Å²) in [5.74, 6) is -0.575. The predicted molar refractivity (Wildman–Crippen MR) is 70.1 cm³/mol. The normalized spacial score (nSPS) is 11.8. The van der Waals surface area contributed by atoms with E-state index in [0.717, 1.165) is 5.57 Å². The number of rotatable bonds is 3. The van der Waals surface area contributed by atoms with Crippen molar-refractivity contribution in [3.63, 3.8) is 0 Å². The van der Waals surface area contributed by atoms with E-state index in [1.54, 1.807) is 24.3 Å². The van der Waals surface area contributed by atoms with Crippen molar-refractivity contribution in [3.8, 4) is 0 Å². The van der Waals surface area contributed by atoms with Crippen LogP contribution in [-0.2, 0) is 6.18 Å². The third-order valence-electron chi connectivity index (χ3n) is 2.28. The number of aromatic nitrogens is 2. The highest BCUT2D eigenvalue weighted by Gasteiger charge is 2.35. The first-order chi connectivity index (χ1) is 8.88. The fourth-order valence-electron chi connectivity index (χ4n) is 1.48. The van der Waals surface area contributed by atoms with Crippen molar-refractivity contribution in [1.29, 1.82) is 0 Å². The number of fused-ring (bicyclic) bond motifs is 1. The average Bonchev–Trinajstić information content (AvgIpc) is 2.34. The minimum atomic E-state index is -4.54. The molecule has 0 fully saturated rings. The van der Waals surface area contributed by atoms with Gasteiger partial charge in [-0.1, -0.05) is 30.4 Å². The monoisotopic (exact) mass is 284 g/mol. The maximum absolute atomic E-state index is 12.7. The Bertz CT molecular complexity index is 623. The molecule has 2 rings (SSSR count). The van der Waals surface area contributed by atoms with Gasteiger partial charge in [-0.2, -0.15) is 13.2 Å². The molecule has 6 heteroatoms. The van der Waals surface area contributed by atoms with Gasteiger partial charge in [-0.25, -0.2) is 9.97 Å². The summed E-state index contributed by atoms with van der Waals surface area (Å²) in [5, 5.41) is 0.961. The lowest BCUT2D eigenvalue weighted by Crippen LogP contribution is -2.11. The number of thioether (sulfide) groups is 1. The quantitative estimate of drug-likeness (QED) is 0.477. The maximum Gasteiger partial charge on any atom is 0.451 e. The number of nitrogens with zero attached hydrogens (tertiary/aromatic N) is 2. The zero-order chi connectivity index (χ0) is 14.0. The molecule has 0 bridgehead atoms. The lowest BCUT2D eigenvalue weighted by atomic mass is 10.2. The van der Waals surface area contributed by atoms with Gasteiger partial charge < -0.3 is 0 Å². The number of hydrogen-bond acceptors (Lipinski definition) is 3. The second-order valence-electron chi connectivity index (χ2n) is 4.11. The Morgan fingerprint density at radius 2 is 1.95 bits per heavy atom. The van der Waals surface area contributed by atoms with Gasteiger partial charge in [0.1, 0.15) is 5.03 Å². The fourth-order valence-corrected chi connectivity index (χ4v) is 2.34. The summed E-state index contributed by atoms with van der Waals surface area (Å²) in [6.45, 7) is 5.56. The summed E-state index contributed by atoms with van der Waals surface area (Å²) >= 11 is 1.24. The molecule has 19 heavy (non-hydrogen) atoms. The molecule has 0 unspecified atom stereocenters. The highest BCUT2D eigenvalue weighted by atomic mass is 32.2. The molecule has 1 aromatic carbocycles. The summed E-state index contributed by atoms with van der Waals surface area (Å²) in [6.07, 6.45) is -4.54. The van der Waals surface area contributed by atoms with Crippen LogP contribution in [0.15, 0.2) is 41.4 Å². The number of hydrogen-bond donors (Lipinski definition) is 0. The first kappa shape index (κ1) is 13.9. The summed E-state index contributed by atoms with van der Waals surface area (Å²) < 4.78 is 38.2. The average molecular weight is 284 g/mol. The van der Waals surface area contributed by atoms with Gasteiger partial charge >= 0.3 is 6.18 Å². The van der Waals surface area contributed by atoms with Crippen LogP contribution in [0, 0.1) is 0 Å². The topological polar surface area (TPSA) is 25.8 Å². The van der Waals surface area contributed by atoms with E-state index in [1.165, 1.54) is 11.8 Å². The number of alkyl halides is 3. The zero-order valence-electron chi connectivity index (χ0n) is 10.2. The van der Waals surface area contributed by atoms with Crippen molar-refractivity contribution < 1.29 is 13.2 Å². The zero-order valence-corrected chi connectivity index (χ0v) is 11.0. The minimum absolute atomic E-state index is 0.300. The predicted octanol–water partition coefficient (Wildman–Crippen LogP) is 4.32. The van der Waals surface area contributed by atoms with Crippen LogP contribution in [-0.4, -0.2) is 15.7 Å². The molecule has 2 aromatic rings. The van der Waals surface area contributed by atoms with E-state index in [0.29, 0.717) is 21.7 Å². The fraction of sp³-hybridized carbons (Fsp3) is 0.231. The van der Waals surface area contributed by atoms with Crippen LogP contribution in [0.25, 0.3) is 10.9 Å². The molecule has 0 saturated carbocycles. The van der Waals surface area contributed by atoms with Crippen molar-refractivity contribution in [3.05, 3.63) is 42.2 Å². The summed E-state index contributed by atoms with van der Waals surface area (Å²) in [4.78, 5) is 7.19. The Kier molecular flexibility index (Phi) is 3.80. The molecule has 0 aliphatic carbocycles. The van der Waals surface area contributed by atoms with E-state index < -0.39 is 12.0 Å². The van der Waals surface area contributed by atoms with Crippen LogP contribution in [0.1, 0.15) is 12.7 Å². The van der Waals surface area contributed by atoms with Crippen LogP contribution in [0.3, 0.4) is 0 Å². The SMILES string of the molecule is C=C(C)CSc1nc(C(F)(F)F)nc2ccccc12. The third kappa shape index (κ3) is 3.26. The minimum Gasteiger partial charge on any atom is -0.224 e. The number of halogens is 3. The van der Waals surface area contributed by atoms with Gasteiger partial charge in [0.25, 0.3) is 0 Å². The lowest BCUT2D eigenvalue weighted by molar-refractivity contribution is -0.145. The van der Waals surface area contributed by atoms with E-state index in [9.17, 15) is 13.2 Å². The molecule has 0 atom stereocenters. The summed E-state index contributed by atoms with van der Waals surface area (Å²) in [5.41, 5.74) is 1.18. The van der Waals surface area contributed by atoms with Crippen molar-refractivity contribution in [2.24, 2.45) is 0 Å². The van der Waals surface area contributed by atoms with Gasteiger partial charge in [-0.3, -0.25) is 0 Å². The van der Waals surface area contributed by atoms with Crippen LogP contribution in [0.2, 0.25) is 0 Å². The molecule has 0 saturated heterocycles. The standard InChI is InChI=1S/C13H11F3N2S/c1-8(2)7-19-11-9-5-3-4-6-10(9)17-12(18-11)13(14,15)16/h3-6H,1,7H2,2H3. The van der Waals surface area contributed by atoms with Gasteiger partial charge in [-0.05, 0) is 13.0 Å². The Labute approximate surface area is 112 Å². The Morgan fingerprint density at radius 1 is 1.26 bits per heavy atom. The first-order valence-electron chi connectivity index (χ1n) is 5.49. The van der Waals surface area contributed by atoms with E-state index in [-0.39, 0.29) is 0 Å². The highest BCUT2D eigenvalue weighted by molar-refractivity contribution is 7.99. The van der Waals surface area contributed by atoms with Crippen LogP contribution < -0.4 is 0 Å². The summed E-state index contributed by atoms with van der Waals surface area (Å²) in [6, 6.07) is 6.68. The van der Waals surface area contributed by atoms with Crippen molar-refractivity contribution in [1.82, 2.24) is 9.97 Å². The Morgan fingerprint density at radius 3 is 2.58 bits per heavy atom. The molecule has 0 aliphatic heterocycles. The smallest absolute Gasteiger partial charge is 0.224 e. The molecule has 1 aromatic heterocycles. The van der Waals surface area contributed by atoms with Crippen LogP contribution in [0.4, 0.5) is 13.2 Å². The van der Waals surface area contributed by atoms with Gasteiger partial charge in [0.15, 0.2) is 0 Å². The Hall–Kier alpha value is -1.56. The second-order valence-corrected chi connectivity index (χ2v) is 5.08. The van der Waals surface area contributed by atoms with Gasteiger partial charge in [0.2, 0.25) is 5.82 Å². The van der Waals surface area contributed by atoms with E-state index >= 15 is 0 Å². The van der Waals surface area contributed by atoms with Crippen molar-refractivity contribution >= 4 is 22.7 Å². The lowest BCUT2D eigenvalue weighted by Gasteiger charge is -2.10. The highest BCUT2D eigenvalue weighted by Crippen LogP contribution is 2.32. The van der Waals surface area contributed by atoms with Gasteiger partial charge in [0.05, 0.1) is 5.52 Å². The van der Waals surface area contributed by atoms with E-state index in [4.69, 9.17) is 0 Å². The molecular weight excluding hydrogens is 273 g/mol. The Balaban J connectivity index is 2.55. The van der Waals surface area contributed by atoms with Crippen LogP contribution in [0.5, 0.6) is 0 Å². The molecule has 0 amide bonds. The molecule has 100 valence electrons. The molecule has 0 spiro atoms. The number of para-hydroxylation sites is 1. The number of benzene rings is 1. The molecule has 2 nitrogen and oxygen atoms in total. The van der Waals surface area contributed by atoms with Crippen molar-refractivity contribution in [2.45, 2.75) is 18.1 Å². The molecule has 0 N–H and O–H groups in total. The molecule has 1 heterocycles. The second kappa shape index (κ2) is 5.21.